The highest BCUT2D eigenvalue weighted by Crippen LogP contribution is 2.42. The first kappa shape index (κ1) is 31.3. The highest BCUT2D eigenvalue weighted by Gasteiger charge is 2.31. The summed E-state index contributed by atoms with van der Waals surface area (Å²) in [7, 11) is 0.675. The van der Waals surface area contributed by atoms with Crippen LogP contribution in [-0.2, 0) is 16.3 Å². The van der Waals surface area contributed by atoms with E-state index in [1.54, 1.807) is 37.5 Å². The van der Waals surface area contributed by atoms with Gasteiger partial charge in [0.25, 0.3) is 0 Å². The van der Waals surface area contributed by atoms with E-state index >= 15 is 0 Å². The molecular weight excluding hydrogens is 641 g/mol. The summed E-state index contributed by atoms with van der Waals surface area (Å²) in [6.45, 7) is 8.50. The zero-order chi connectivity index (χ0) is 32.7. The normalized spacial score (nSPS) is 15.9. The maximum atomic E-state index is 13.4. The average Bonchev–Trinajstić information content (AvgIpc) is 3.47. The lowest BCUT2D eigenvalue weighted by Gasteiger charge is -2.43. The molecule has 2 aliphatic rings. The maximum absolute atomic E-state index is 13.4. The Morgan fingerprint density at radius 3 is 2.47 bits per heavy atom. The topological polar surface area (TPSA) is 148 Å². The number of rotatable bonds is 9. The van der Waals surface area contributed by atoms with Gasteiger partial charge in [0.1, 0.15) is 29.2 Å². The first-order chi connectivity index (χ1) is 22.7. The Labute approximate surface area is 276 Å². The van der Waals surface area contributed by atoms with Crippen molar-refractivity contribution in [1.29, 1.82) is 0 Å². The van der Waals surface area contributed by atoms with Crippen molar-refractivity contribution in [2.45, 2.75) is 6.04 Å². The molecule has 4 aromatic heterocycles. The van der Waals surface area contributed by atoms with E-state index in [1.807, 2.05) is 37.6 Å². The molecule has 5 aromatic rings. The number of benzene rings is 1. The number of hydrogen-bond acceptors (Lipinski definition) is 13. The molecule has 244 valence electrons. The van der Waals surface area contributed by atoms with E-state index in [0.717, 1.165) is 56.3 Å². The minimum Gasteiger partial charge on any atom is -0.479 e. The van der Waals surface area contributed by atoms with Crippen molar-refractivity contribution in [1.82, 2.24) is 39.6 Å². The second-order valence-electron chi connectivity index (χ2n) is 11.9. The number of aromatic nitrogens is 7. The van der Waals surface area contributed by atoms with Gasteiger partial charge < -0.3 is 29.6 Å². The van der Waals surface area contributed by atoms with Crippen LogP contribution in [-0.4, -0.2) is 105 Å². The molecule has 1 aromatic carbocycles. The van der Waals surface area contributed by atoms with E-state index in [2.05, 4.69) is 45.5 Å². The van der Waals surface area contributed by atoms with Crippen LogP contribution in [0.25, 0.3) is 22.2 Å². The van der Waals surface area contributed by atoms with Crippen molar-refractivity contribution in [3.05, 3.63) is 54.2 Å². The third-order valence-electron chi connectivity index (χ3n) is 8.32. The number of anilines is 5. The molecule has 0 radical (unpaired) electrons. The molecule has 7 rings (SSSR count). The van der Waals surface area contributed by atoms with Gasteiger partial charge in [-0.15, -0.1) is 0 Å². The quantitative estimate of drug-likeness (QED) is 0.216. The Kier molecular flexibility index (Phi) is 8.43. The first-order valence-electron chi connectivity index (χ1n) is 15.2. The number of methoxy groups -OCH3 is 1. The fourth-order valence-corrected chi connectivity index (χ4v) is 7.44. The number of halogens is 1. The molecular formula is C31H35ClN11O3P. The summed E-state index contributed by atoms with van der Waals surface area (Å²) in [5.41, 5.74) is 4.18. The van der Waals surface area contributed by atoms with Crippen molar-refractivity contribution in [3.63, 3.8) is 0 Å². The van der Waals surface area contributed by atoms with Crippen molar-refractivity contribution >= 4 is 64.0 Å². The van der Waals surface area contributed by atoms with E-state index < -0.39 is 7.14 Å². The molecule has 2 saturated heterocycles. The predicted octanol–water partition coefficient (Wildman–Crippen LogP) is 4.13. The number of nitrogens with zero attached hydrogens (tertiary/aromatic N) is 9. The molecule has 0 spiro atoms. The van der Waals surface area contributed by atoms with Crippen LogP contribution in [0.4, 0.5) is 29.0 Å². The van der Waals surface area contributed by atoms with Gasteiger partial charge >= 0.3 is 0 Å². The molecule has 2 fully saturated rings. The number of fused-ring (bicyclic) bond motifs is 1. The highest BCUT2D eigenvalue weighted by atomic mass is 35.5. The largest absolute Gasteiger partial charge is 0.479 e. The van der Waals surface area contributed by atoms with Crippen LogP contribution >= 0.6 is 18.7 Å². The first-order valence-corrected chi connectivity index (χ1v) is 18.2. The monoisotopic (exact) mass is 675 g/mol. The molecule has 6 heterocycles. The van der Waals surface area contributed by atoms with E-state index in [0.29, 0.717) is 45.5 Å². The van der Waals surface area contributed by atoms with Gasteiger partial charge in [-0.25, -0.2) is 4.98 Å². The highest BCUT2D eigenvalue weighted by molar-refractivity contribution is 7.71. The van der Waals surface area contributed by atoms with E-state index in [9.17, 15) is 4.57 Å². The molecule has 0 atom stereocenters. The predicted molar refractivity (Wildman–Crippen MR) is 184 cm³/mol. The molecule has 47 heavy (non-hydrogen) atoms. The Morgan fingerprint density at radius 1 is 1.00 bits per heavy atom. The van der Waals surface area contributed by atoms with Gasteiger partial charge in [-0.1, -0.05) is 11.6 Å². The van der Waals surface area contributed by atoms with Gasteiger partial charge in [-0.2, -0.15) is 15.1 Å². The van der Waals surface area contributed by atoms with Crippen LogP contribution in [0.5, 0.6) is 5.88 Å². The lowest BCUT2D eigenvalue weighted by atomic mass is 10.1. The second-order valence-corrected chi connectivity index (χ2v) is 15.5. The van der Waals surface area contributed by atoms with E-state index in [-0.39, 0.29) is 11.0 Å². The van der Waals surface area contributed by atoms with Gasteiger partial charge in [0, 0.05) is 62.9 Å². The Hall–Kier alpha value is -4.36. The molecule has 0 unspecified atom stereocenters. The van der Waals surface area contributed by atoms with Crippen LogP contribution in [0, 0.1) is 0 Å². The van der Waals surface area contributed by atoms with Crippen LogP contribution in [0.3, 0.4) is 0 Å². The molecule has 0 aliphatic carbocycles. The lowest BCUT2D eigenvalue weighted by Crippen LogP contribution is -2.56. The number of nitrogens with one attached hydrogen (secondary N) is 2. The number of pyridine rings is 1. The van der Waals surface area contributed by atoms with E-state index in [4.69, 9.17) is 26.1 Å². The van der Waals surface area contributed by atoms with Crippen LogP contribution < -0.4 is 25.6 Å². The molecule has 16 heteroatoms. The third-order valence-corrected chi connectivity index (χ3v) is 10.1. The molecule has 0 bridgehead atoms. The summed E-state index contributed by atoms with van der Waals surface area (Å²) in [4.78, 5) is 27.7. The van der Waals surface area contributed by atoms with Crippen molar-refractivity contribution < 1.29 is 14.0 Å². The minimum absolute atomic E-state index is 0.261. The van der Waals surface area contributed by atoms with Crippen LogP contribution in [0.15, 0.2) is 49.2 Å². The molecule has 14 nitrogen and oxygen atoms in total. The molecule has 0 saturated carbocycles. The Balaban J connectivity index is 1.21. The summed E-state index contributed by atoms with van der Waals surface area (Å²) in [6.07, 6.45) is 8.48. The molecule has 2 aliphatic heterocycles. The third kappa shape index (κ3) is 6.33. The van der Waals surface area contributed by atoms with Crippen LogP contribution in [0.1, 0.15) is 0 Å². The van der Waals surface area contributed by atoms with Crippen LogP contribution in [0.2, 0.25) is 5.02 Å². The summed E-state index contributed by atoms with van der Waals surface area (Å²) in [5, 5.41) is 11.8. The van der Waals surface area contributed by atoms with Gasteiger partial charge in [0.2, 0.25) is 11.8 Å². The van der Waals surface area contributed by atoms with Gasteiger partial charge in [-0.05, 0) is 31.5 Å². The zero-order valence-electron chi connectivity index (χ0n) is 26.5. The van der Waals surface area contributed by atoms with Gasteiger partial charge in [0.05, 0.1) is 55.3 Å². The van der Waals surface area contributed by atoms with Crippen molar-refractivity contribution in [2.24, 2.45) is 7.05 Å². The Bertz CT molecular complexity index is 1990. The van der Waals surface area contributed by atoms with Crippen molar-refractivity contribution in [2.75, 3.05) is 75.4 Å². The SMILES string of the molecule is COc1nc(N2CCN(C3COC3)CC2)c(-c2cnn(C)c2)cc1Nc1ncc(Cl)c(Nc2ccc3nccnc3c2P(C)(C)=O)n1. The summed E-state index contributed by atoms with van der Waals surface area (Å²) in [6, 6.07) is 6.11. The van der Waals surface area contributed by atoms with Gasteiger partial charge in [-0.3, -0.25) is 19.5 Å². The minimum atomic E-state index is -2.80. The van der Waals surface area contributed by atoms with Crippen molar-refractivity contribution in [3.8, 4) is 17.0 Å². The molecule has 2 N–H and O–H groups in total. The number of piperazine rings is 1. The fraction of sp³-hybridized carbons (Fsp3) is 0.355. The smallest absolute Gasteiger partial charge is 0.239 e. The number of ether oxygens (including phenoxy) is 2. The zero-order valence-corrected chi connectivity index (χ0v) is 28.2. The van der Waals surface area contributed by atoms with E-state index in [1.165, 1.54) is 6.20 Å². The van der Waals surface area contributed by atoms with Gasteiger partial charge in [0.15, 0.2) is 5.82 Å². The lowest BCUT2D eigenvalue weighted by molar-refractivity contribution is -0.0660. The second kappa shape index (κ2) is 12.7. The summed E-state index contributed by atoms with van der Waals surface area (Å²) in [5.74, 6) is 1.80. The number of aryl methyl sites for hydroxylation is 1. The Morgan fingerprint density at radius 2 is 1.79 bits per heavy atom. The number of hydrogen-bond donors (Lipinski definition) is 2. The standard InChI is InChI=1S/C31H35ClN11O3P/c1-41-16-19(14-36-41)21-13-25(30(45-2)40-29(21)43-11-9-42(10-12-43)20-17-46-18-20)38-31-35-15-22(32)28(39-31)37-24-6-5-23-26(34-8-7-33-23)27(24)47(3,4)44/h5-8,13-16,20H,9-12,17-18H2,1-4H3,(H2,35,37,38,39). The summed E-state index contributed by atoms with van der Waals surface area (Å²) < 4.78 is 26.4. The maximum Gasteiger partial charge on any atom is 0.239 e. The fourth-order valence-electron chi connectivity index (χ4n) is 5.91. The molecule has 0 amide bonds. The average molecular weight is 676 g/mol. The summed E-state index contributed by atoms with van der Waals surface area (Å²) >= 11 is 6.58.